The molecule has 132 valence electrons. The van der Waals surface area contributed by atoms with Gasteiger partial charge in [0.1, 0.15) is 18.6 Å². The van der Waals surface area contributed by atoms with Gasteiger partial charge in [-0.05, 0) is 30.2 Å². The van der Waals surface area contributed by atoms with Crippen molar-refractivity contribution in [2.75, 3.05) is 11.9 Å². The molecule has 7 nitrogen and oxygen atoms in total. The molecule has 1 atom stereocenters. The molecular formula is C17H18BrN3O4. The summed E-state index contributed by atoms with van der Waals surface area (Å²) in [6.07, 6.45) is 2.11. The molecule has 2 rings (SSSR count). The minimum absolute atomic E-state index is 0.0699. The quantitative estimate of drug-likeness (QED) is 0.406. The summed E-state index contributed by atoms with van der Waals surface area (Å²) in [5.74, 6) is 0.195. The fourth-order valence-corrected chi connectivity index (χ4v) is 2.33. The zero-order chi connectivity index (χ0) is 18.2. The van der Waals surface area contributed by atoms with E-state index >= 15 is 0 Å². The lowest BCUT2D eigenvalue weighted by Crippen LogP contribution is -2.27. The largest absolute Gasteiger partial charge is 0.463 e. The van der Waals surface area contributed by atoms with E-state index in [0.717, 1.165) is 10.0 Å². The van der Waals surface area contributed by atoms with Crippen LogP contribution in [0, 0.1) is 10.1 Å². The minimum atomic E-state index is -0.502. The van der Waals surface area contributed by atoms with Crippen LogP contribution in [0.2, 0.25) is 0 Å². The Labute approximate surface area is 153 Å². The number of anilines is 1. The van der Waals surface area contributed by atoms with Gasteiger partial charge in [-0.15, -0.1) is 0 Å². The predicted octanol–water partition coefficient (Wildman–Crippen LogP) is 3.73. The Morgan fingerprint density at radius 2 is 2.04 bits per heavy atom. The monoisotopic (exact) mass is 407 g/mol. The van der Waals surface area contributed by atoms with Gasteiger partial charge in [-0.25, -0.2) is 4.98 Å². The molecule has 0 radical (unpaired) electrons. The van der Waals surface area contributed by atoms with Crippen LogP contribution in [0.1, 0.15) is 18.9 Å². The summed E-state index contributed by atoms with van der Waals surface area (Å²) in [7, 11) is 0. The van der Waals surface area contributed by atoms with E-state index in [1.807, 2.05) is 31.2 Å². The highest BCUT2D eigenvalue weighted by atomic mass is 79.9. The highest BCUT2D eigenvalue weighted by Crippen LogP contribution is 2.14. The van der Waals surface area contributed by atoms with Crippen LogP contribution in [0.15, 0.2) is 47.1 Å². The van der Waals surface area contributed by atoms with Crippen LogP contribution in [-0.2, 0) is 16.0 Å². The van der Waals surface area contributed by atoms with Crippen molar-refractivity contribution in [2.24, 2.45) is 0 Å². The molecule has 8 heteroatoms. The topological polar surface area (TPSA) is 94.4 Å². The molecular weight excluding hydrogens is 390 g/mol. The SMILES string of the molecule is CCC(COC(=O)Cc1ccc(Br)cc1)Nc1ccc([N+](=O)[O-])cn1. The first-order valence-corrected chi connectivity index (χ1v) is 8.54. The van der Waals surface area contributed by atoms with Crippen LogP contribution >= 0.6 is 15.9 Å². The maximum Gasteiger partial charge on any atom is 0.310 e. The van der Waals surface area contributed by atoms with Crippen LogP contribution in [0.3, 0.4) is 0 Å². The van der Waals surface area contributed by atoms with Crippen molar-refractivity contribution in [3.63, 3.8) is 0 Å². The number of nitrogens with zero attached hydrogens (tertiary/aromatic N) is 2. The van der Waals surface area contributed by atoms with E-state index in [1.54, 1.807) is 0 Å². The van der Waals surface area contributed by atoms with E-state index < -0.39 is 4.92 Å². The summed E-state index contributed by atoms with van der Waals surface area (Å²) < 4.78 is 6.27. The Morgan fingerprint density at radius 1 is 1.32 bits per heavy atom. The number of rotatable bonds is 8. The number of carbonyl (C=O) groups excluding carboxylic acids is 1. The van der Waals surface area contributed by atoms with Crippen molar-refractivity contribution in [2.45, 2.75) is 25.8 Å². The van der Waals surface area contributed by atoms with Gasteiger partial charge in [0, 0.05) is 10.5 Å². The van der Waals surface area contributed by atoms with Crippen LogP contribution in [0.4, 0.5) is 11.5 Å². The number of hydrogen-bond acceptors (Lipinski definition) is 6. The number of hydrogen-bond donors (Lipinski definition) is 1. The normalized spacial score (nSPS) is 11.6. The molecule has 0 fully saturated rings. The summed E-state index contributed by atoms with van der Waals surface area (Å²) in [6.45, 7) is 2.15. The second-order valence-electron chi connectivity index (χ2n) is 5.39. The van der Waals surface area contributed by atoms with Gasteiger partial charge in [0.15, 0.2) is 0 Å². The molecule has 1 aromatic carbocycles. The number of esters is 1. The Balaban J connectivity index is 1.83. The van der Waals surface area contributed by atoms with Gasteiger partial charge in [0.2, 0.25) is 0 Å². The van der Waals surface area contributed by atoms with E-state index in [-0.39, 0.29) is 30.7 Å². The van der Waals surface area contributed by atoms with Crippen LogP contribution in [0.25, 0.3) is 0 Å². The second kappa shape index (κ2) is 9.12. The standard InChI is InChI=1S/C17H18BrN3O4/c1-2-14(20-16-8-7-15(10-19-16)21(23)24)11-25-17(22)9-12-3-5-13(18)6-4-12/h3-8,10,14H,2,9,11H2,1H3,(H,19,20). The molecule has 0 bridgehead atoms. The molecule has 0 spiro atoms. The molecule has 25 heavy (non-hydrogen) atoms. The number of nitrogens with one attached hydrogen (secondary N) is 1. The second-order valence-corrected chi connectivity index (χ2v) is 6.31. The average molecular weight is 408 g/mol. The zero-order valence-corrected chi connectivity index (χ0v) is 15.2. The van der Waals surface area contributed by atoms with E-state index in [0.29, 0.717) is 12.2 Å². The van der Waals surface area contributed by atoms with Gasteiger partial charge in [0.05, 0.1) is 17.4 Å². The molecule has 0 saturated carbocycles. The first-order chi connectivity index (χ1) is 12.0. The number of halogens is 1. The highest BCUT2D eigenvalue weighted by molar-refractivity contribution is 9.10. The van der Waals surface area contributed by atoms with Gasteiger partial charge in [-0.3, -0.25) is 14.9 Å². The van der Waals surface area contributed by atoms with Gasteiger partial charge < -0.3 is 10.1 Å². The lowest BCUT2D eigenvalue weighted by Gasteiger charge is -2.17. The summed E-state index contributed by atoms with van der Waals surface area (Å²) >= 11 is 3.35. The van der Waals surface area contributed by atoms with Crippen LogP contribution < -0.4 is 5.32 Å². The summed E-state index contributed by atoms with van der Waals surface area (Å²) in [5.41, 5.74) is 0.811. The number of ether oxygens (including phenoxy) is 1. The number of pyridine rings is 1. The fourth-order valence-electron chi connectivity index (χ4n) is 2.06. The zero-order valence-electron chi connectivity index (χ0n) is 13.6. The molecule has 1 aromatic heterocycles. The lowest BCUT2D eigenvalue weighted by atomic mass is 10.1. The molecule has 0 aliphatic heterocycles. The van der Waals surface area contributed by atoms with Gasteiger partial charge in [-0.1, -0.05) is 35.0 Å². The molecule has 2 aromatic rings. The fraction of sp³-hybridized carbons (Fsp3) is 0.294. The van der Waals surface area contributed by atoms with Crippen molar-refractivity contribution in [3.8, 4) is 0 Å². The molecule has 0 aliphatic carbocycles. The molecule has 0 saturated heterocycles. The van der Waals surface area contributed by atoms with Crippen LogP contribution in [0.5, 0.6) is 0 Å². The number of nitro groups is 1. The number of carbonyl (C=O) groups is 1. The average Bonchev–Trinajstić information content (AvgIpc) is 2.61. The summed E-state index contributed by atoms with van der Waals surface area (Å²) in [5, 5.41) is 13.7. The Morgan fingerprint density at radius 3 is 2.60 bits per heavy atom. The minimum Gasteiger partial charge on any atom is -0.463 e. The predicted molar refractivity (Wildman–Crippen MR) is 97.4 cm³/mol. The maximum absolute atomic E-state index is 11.9. The molecule has 1 unspecified atom stereocenters. The highest BCUT2D eigenvalue weighted by Gasteiger charge is 2.12. The number of aromatic nitrogens is 1. The Bertz CT molecular complexity index is 720. The van der Waals surface area contributed by atoms with Crippen LogP contribution in [-0.4, -0.2) is 28.5 Å². The van der Waals surface area contributed by atoms with Crippen molar-refractivity contribution in [1.29, 1.82) is 0 Å². The van der Waals surface area contributed by atoms with Crippen molar-refractivity contribution in [1.82, 2.24) is 4.98 Å². The number of benzene rings is 1. The first-order valence-electron chi connectivity index (χ1n) is 7.75. The van der Waals surface area contributed by atoms with Crippen molar-refractivity contribution in [3.05, 3.63) is 62.7 Å². The Kier molecular flexibility index (Phi) is 6.88. The van der Waals surface area contributed by atoms with E-state index in [4.69, 9.17) is 4.74 Å². The molecule has 1 N–H and O–H groups in total. The van der Waals surface area contributed by atoms with Crippen molar-refractivity contribution >= 4 is 33.4 Å². The van der Waals surface area contributed by atoms with Gasteiger partial charge in [0.25, 0.3) is 5.69 Å². The van der Waals surface area contributed by atoms with E-state index in [9.17, 15) is 14.9 Å². The lowest BCUT2D eigenvalue weighted by molar-refractivity contribution is -0.385. The van der Waals surface area contributed by atoms with Gasteiger partial charge in [-0.2, -0.15) is 0 Å². The smallest absolute Gasteiger partial charge is 0.310 e. The van der Waals surface area contributed by atoms with E-state index in [1.165, 1.54) is 18.3 Å². The van der Waals surface area contributed by atoms with E-state index in [2.05, 4.69) is 26.2 Å². The molecule has 0 aliphatic rings. The summed E-state index contributed by atoms with van der Waals surface area (Å²) in [4.78, 5) is 26.1. The van der Waals surface area contributed by atoms with Crippen molar-refractivity contribution < 1.29 is 14.5 Å². The third-order valence-electron chi connectivity index (χ3n) is 3.51. The molecule has 1 heterocycles. The van der Waals surface area contributed by atoms with Gasteiger partial charge >= 0.3 is 5.97 Å². The third kappa shape index (κ3) is 6.15. The maximum atomic E-state index is 11.9. The summed E-state index contributed by atoms with van der Waals surface area (Å²) in [6, 6.07) is 10.3. The molecule has 0 amide bonds. The Hall–Kier alpha value is -2.48. The third-order valence-corrected chi connectivity index (χ3v) is 4.04. The first kappa shape index (κ1) is 18.9.